The molecule has 0 bridgehead atoms. The molecule has 2 N–H and O–H groups in total. The highest BCUT2D eigenvalue weighted by atomic mass is 79.9. The number of hydrogen-bond acceptors (Lipinski definition) is 4. The van der Waals surface area contributed by atoms with Crippen molar-refractivity contribution in [3.8, 4) is 0 Å². The van der Waals surface area contributed by atoms with Gasteiger partial charge in [0.25, 0.3) is 5.69 Å². The normalized spacial score (nSPS) is 12.1. The fraction of sp³-hybridized carbons (Fsp3) is 0.0769. The summed E-state index contributed by atoms with van der Waals surface area (Å²) in [5, 5.41) is 11.4. The summed E-state index contributed by atoms with van der Waals surface area (Å²) in [7, 11) is -1.52. The Labute approximate surface area is 136 Å². The van der Waals surface area contributed by atoms with E-state index in [9.17, 15) is 14.3 Å². The van der Waals surface area contributed by atoms with Crippen molar-refractivity contribution in [2.75, 3.05) is 5.73 Å². The largest absolute Gasteiger partial charge is 0.399 e. The smallest absolute Gasteiger partial charge is 0.274 e. The molecule has 8 heteroatoms. The zero-order valence-electron chi connectivity index (χ0n) is 10.6. The maximum absolute atomic E-state index is 12.4. The molecule has 0 saturated carbocycles. The van der Waals surface area contributed by atoms with Gasteiger partial charge in [0.05, 0.1) is 31.4 Å². The van der Waals surface area contributed by atoms with Gasteiger partial charge in [0, 0.05) is 21.8 Å². The van der Waals surface area contributed by atoms with Crippen molar-refractivity contribution in [2.24, 2.45) is 0 Å². The van der Waals surface area contributed by atoms with E-state index in [4.69, 9.17) is 17.3 Å². The van der Waals surface area contributed by atoms with Crippen molar-refractivity contribution in [2.45, 2.75) is 10.6 Å². The molecule has 0 radical (unpaired) electrons. The minimum atomic E-state index is -1.52. The second-order valence-electron chi connectivity index (χ2n) is 4.21. The van der Waals surface area contributed by atoms with E-state index in [0.29, 0.717) is 25.6 Å². The van der Waals surface area contributed by atoms with Crippen molar-refractivity contribution in [3.05, 3.63) is 61.6 Å². The van der Waals surface area contributed by atoms with Crippen LogP contribution in [0.1, 0.15) is 5.56 Å². The average molecular weight is 390 g/mol. The summed E-state index contributed by atoms with van der Waals surface area (Å²) < 4.78 is 13.0. The van der Waals surface area contributed by atoms with E-state index in [1.807, 2.05) is 0 Å². The highest BCUT2D eigenvalue weighted by molar-refractivity contribution is 9.10. The second-order valence-corrected chi connectivity index (χ2v) is 6.95. The minimum Gasteiger partial charge on any atom is -0.399 e. The number of nitrogen functional groups attached to an aromatic ring is 1. The average Bonchev–Trinajstić information content (AvgIpc) is 2.43. The number of anilines is 1. The summed E-state index contributed by atoms with van der Waals surface area (Å²) in [6.07, 6.45) is 0. The van der Waals surface area contributed by atoms with Crippen LogP contribution in [0.25, 0.3) is 0 Å². The number of nitrogens with two attached hydrogens (primary N) is 1. The summed E-state index contributed by atoms with van der Waals surface area (Å²) in [5.41, 5.74) is 6.38. The molecule has 0 aromatic heterocycles. The molecule has 0 amide bonds. The van der Waals surface area contributed by atoms with E-state index in [0.717, 1.165) is 0 Å². The SMILES string of the molecule is Nc1ccc(Cl)c(S(=O)Cc2ccc(Br)cc2[N+](=O)[O-])c1. The zero-order chi connectivity index (χ0) is 15.6. The topological polar surface area (TPSA) is 86.2 Å². The van der Waals surface area contributed by atoms with Crippen LogP contribution in [0.5, 0.6) is 0 Å². The quantitative estimate of drug-likeness (QED) is 0.488. The van der Waals surface area contributed by atoms with Crippen LogP contribution in [0, 0.1) is 10.1 Å². The lowest BCUT2D eigenvalue weighted by atomic mass is 10.2. The Morgan fingerprint density at radius 1 is 1.29 bits per heavy atom. The molecule has 110 valence electrons. The molecule has 21 heavy (non-hydrogen) atoms. The van der Waals surface area contributed by atoms with Crippen LogP contribution in [-0.4, -0.2) is 9.13 Å². The van der Waals surface area contributed by atoms with Gasteiger partial charge in [-0.2, -0.15) is 0 Å². The van der Waals surface area contributed by atoms with Gasteiger partial charge in [-0.05, 0) is 24.3 Å². The van der Waals surface area contributed by atoms with Crippen molar-refractivity contribution in [1.29, 1.82) is 0 Å². The Balaban J connectivity index is 2.36. The van der Waals surface area contributed by atoms with Crippen LogP contribution in [0.2, 0.25) is 5.02 Å². The molecule has 0 spiro atoms. The van der Waals surface area contributed by atoms with Gasteiger partial charge in [-0.25, -0.2) is 0 Å². The molecule has 2 aromatic carbocycles. The van der Waals surface area contributed by atoms with E-state index in [-0.39, 0.29) is 11.4 Å². The van der Waals surface area contributed by atoms with E-state index in [2.05, 4.69) is 15.9 Å². The molecule has 0 saturated heterocycles. The van der Waals surface area contributed by atoms with Crippen LogP contribution in [0.15, 0.2) is 45.8 Å². The van der Waals surface area contributed by atoms with Crippen LogP contribution < -0.4 is 5.73 Å². The van der Waals surface area contributed by atoms with E-state index >= 15 is 0 Å². The van der Waals surface area contributed by atoms with Crippen LogP contribution >= 0.6 is 27.5 Å². The lowest BCUT2D eigenvalue weighted by Gasteiger charge is -2.07. The third-order valence-electron chi connectivity index (χ3n) is 2.73. The number of nitro benzene ring substituents is 1. The number of nitrogens with zero attached hydrogens (tertiary/aromatic N) is 1. The number of rotatable bonds is 4. The molecule has 0 aliphatic heterocycles. The summed E-state index contributed by atoms with van der Waals surface area (Å²) >= 11 is 9.17. The van der Waals surface area contributed by atoms with Crippen molar-refractivity contribution < 1.29 is 9.13 Å². The second kappa shape index (κ2) is 6.55. The van der Waals surface area contributed by atoms with Crippen LogP contribution in [0.4, 0.5) is 11.4 Å². The van der Waals surface area contributed by atoms with Gasteiger partial charge in [-0.1, -0.05) is 33.6 Å². The first-order valence-electron chi connectivity index (χ1n) is 5.74. The van der Waals surface area contributed by atoms with E-state index < -0.39 is 15.7 Å². The number of hydrogen-bond donors (Lipinski definition) is 1. The Morgan fingerprint density at radius 2 is 2.00 bits per heavy atom. The van der Waals surface area contributed by atoms with Crippen LogP contribution in [0.3, 0.4) is 0 Å². The molecule has 0 fully saturated rings. The first-order valence-corrected chi connectivity index (χ1v) is 8.23. The Morgan fingerprint density at radius 3 is 2.67 bits per heavy atom. The number of nitro groups is 1. The van der Waals surface area contributed by atoms with Gasteiger partial charge in [0.2, 0.25) is 0 Å². The van der Waals surface area contributed by atoms with E-state index in [1.165, 1.54) is 12.1 Å². The molecule has 0 heterocycles. The minimum absolute atomic E-state index is 0.00718. The van der Waals surface area contributed by atoms with Crippen molar-refractivity contribution >= 4 is 49.7 Å². The van der Waals surface area contributed by atoms with Gasteiger partial charge in [-0.15, -0.1) is 0 Å². The fourth-order valence-corrected chi connectivity index (χ4v) is 3.70. The Kier molecular flexibility index (Phi) is 4.97. The molecule has 2 rings (SSSR count). The summed E-state index contributed by atoms with van der Waals surface area (Å²) in [6, 6.07) is 9.29. The lowest BCUT2D eigenvalue weighted by Crippen LogP contribution is -2.02. The zero-order valence-corrected chi connectivity index (χ0v) is 13.7. The standard InChI is InChI=1S/C13H10BrClN2O3S/c14-9-2-1-8(12(5-9)17(18)19)7-21(20)13-6-10(16)3-4-11(13)15/h1-6H,7,16H2. The van der Waals surface area contributed by atoms with E-state index in [1.54, 1.807) is 24.3 Å². The highest BCUT2D eigenvalue weighted by Gasteiger charge is 2.18. The number of benzene rings is 2. The third kappa shape index (κ3) is 3.81. The molecular formula is C13H10BrClN2O3S. The van der Waals surface area contributed by atoms with Gasteiger partial charge in [0.1, 0.15) is 0 Å². The predicted octanol–water partition coefficient (Wildman–Crippen LogP) is 3.90. The highest BCUT2D eigenvalue weighted by Crippen LogP contribution is 2.28. The Bertz CT molecular complexity index is 739. The monoisotopic (exact) mass is 388 g/mol. The molecular weight excluding hydrogens is 380 g/mol. The first kappa shape index (κ1) is 15.9. The number of halogens is 2. The molecule has 1 unspecified atom stereocenters. The molecule has 1 atom stereocenters. The Hall–Kier alpha value is -1.44. The maximum Gasteiger partial charge on any atom is 0.274 e. The first-order chi connectivity index (χ1) is 9.88. The van der Waals surface area contributed by atoms with Gasteiger partial charge in [0.15, 0.2) is 0 Å². The lowest BCUT2D eigenvalue weighted by molar-refractivity contribution is -0.385. The van der Waals surface area contributed by atoms with Crippen molar-refractivity contribution in [1.82, 2.24) is 0 Å². The molecule has 5 nitrogen and oxygen atoms in total. The predicted molar refractivity (Wildman–Crippen MR) is 86.8 cm³/mol. The molecule has 0 aliphatic carbocycles. The molecule has 2 aromatic rings. The maximum atomic E-state index is 12.4. The van der Waals surface area contributed by atoms with Crippen molar-refractivity contribution in [3.63, 3.8) is 0 Å². The van der Waals surface area contributed by atoms with Gasteiger partial charge >= 0.3 is 0 Å². The van der Waals surface area contributed by atoms with Crippen LogP contribution in [-0.2, 0) is 16.6 Å². The summed E-state index contributed by atoms with van der Waals surface area (Å²) in [6.45, 7) is 0. The van der Waals surface area contributed by atoms with Gasteiger partial charge in [-0.3, -0.25) is 14.3 Å². The molecule has 0 aliphatic rings. The van der Waals surface area contributed by atoms with Gasteiger partial charge < -0.3 is 5.73 Å². The summed E-state index contributed by atoms with van der Waals surface area (Å²) in [4.78, 5) is 10.9. The summed E-state index contributed by atoms with van der Waals surface area (Å²) in [5.74, 6) is -0.00718. The fourth-order valence-electron chi connectivity index (χ4n) is 1.74. The third-order valence-corrected chi connectivity index (χ3v) is 5.07.